The molecular weight excluding hydrogens is 464 g/mol. The summed E-state index contributed by atoms with van der Waals surface area (Å²) in [5.74, 6) is -4.07. The maximum atomic E-state index is 10.1. The topological polar surface area (TPSA) is 323 Å². The Morgan fingerprint density at radius 1 is 0.516 bits per heavy atom. The van der Waals surface area contributed by atoms with E-state index in [1.54, 1.807) is 0 Å². The third kappa shape index (κ3) is 11.9. The van der Waals surface area contributed by atoms with E-state index in [-0.39, 0.29) is 37.7 Å². The molecule has 0 fully saturated rings. The van der Waals surface area contributed by atoms with Crippen LogP contribution in [0.1, 0.15) is 0 Å². The monoisotopic (exact) mass is 490 g/mol. The Morgan fingerprint density at radius 2 is 0.742 bits per heavy atom. The Kier molecular flexibility index (Phi) is 19.6. The molecule has 0 aromatic heterocycles. The number of aliphatic carboxylic acids is 2. The van der Waals surface area contributed by atoms with Crippen LogP contribution in [0.3, 0.4) is 0 Å². The first-order chi connectivity index (χ1) is 13.6. The molecule has 0 rings (SSSR count). The van der Waals surface area contributed by atoms with Crippen molar-refractivity contribution in [3.8, 4) is 0 Å². The van der Waals surface area contributed by atoms with Crippen LogP contribution in [-0.4, -0.2) is 185 Å². The largest absolute Gasteiger partial charge is 2.00 e. The molecule has 16 nitrogen and oxygen atoms in total. The number of carboxylic acid groups (broad SMARTS) is 2. The number of aliphatic hydroxyl groups is 12. The van der Waals surface area contributed by atoms with Gasteiger partial charge in [-0.3, -0.25) is 0 Å². The second kappa shape index (κ2) is 17.2. The van der Waals surface area contributed by atoms with Crippen molar-refractivity contribution < 1.29 is 81.1 Å². The summed E-state index contributed by atoms with van der Waals surface area (Å²) in [6, 6.07) is 0. The molecule has 31 heavy (non-hydrogen) atoms. The molecule has 10 atom stereocenters. The summed E-state index contributed by atoms with van der Waals surface area (Å²) >= 11 is 0. The van der Waals surface area contributed by atoms with Crippen molar-refractivity contribution in [2.24, 2.45) is 0 Å². The molecule has 0 spiro atoms. The van der Waals surface area contributed by atoms with Crippen LogP contribution >= 0.6 is 0 Å². The summed E-state index contributed by atoms with van der Waals surface area (Å²) < 4.78 is 0. The third-order valence-corrected chi connectivity index (χ3v) is 3.69. The van der Waals surface area contributed by atoms with Gasteiger partial charge in [-0.1, -0.05) is 0 Å². The zero-order chi connectivity index (χ0) is 24.3. The minimum Gasteiger partial charge on any atom is -0.547 e. The van der Waals surface area contributed by atoms with Gasteiger partial charge in [0.15, 0.2) is 0 Å². The summed E-state index contributed by atoms with van der Waals surface area (Å²) in [5, 5.41) is 126. The zero-order valence-electron chi connectivity index (χ0n) is 15.9. The van der Waals surface area contributed by atoms with E-state index in [2.05, 4.69) is 0 Å². The summed E-state index contributed by atoms with van der Waals surface area (Å²) in [7, 11) is 0. The molecule has 0 aromatic rings. The van der Waals surface area contributed by atoms with Crippen molar-refractivity contribution in [2.45, 2.75) is 61.0 Å². The molecule has 0 bridgehead atoms. The molecule has 12 N–H and O–H groups in total. The Hall–Kier alpha value is -0.280. The number of carbonyl (C=O) groups excluding carboxylic acids is 2. The van der Waals surface area contributed by atoms with Gasteiger partial charge in [-0.25, -0.2) is 0 Å². The van der Waals surface area contributed by atoms with Crippen LogP contribution in [-0.2, 0) is 9.59 Å². The number of carbonyl (C=O) groups is 2. The van der Waals surface area contributed by atoms with Crippen LogP contribution in [0.4, 0.5) is 0 Å². The van der Waals surface area contributed by atoms with Gasteiger partial charge in [0, 0.05) is 0 Å². The van der Waals surface area contributed by atoms with Gasteiger partial charge in [0.2, 0.25) is 0 Å². The van der Waals surface area contributed by atoms with Gasteiger partial charge in [-0.2, -0.15) is 0 Å². The maximum Gasteiger partial charge on any atom is 2.00 e. The van der Waals surface area contributed by atoms with E-state index >= 15 is 0 Å². The van der Waals surface area contributed by atoms with E-state index in [1.807, 2.05) is 0 Å². The van der Waals surface area contributed by atoms with Crippen molar-refractivity contribution in [3.63, 3.8) is 0 Å². The smallest absolute Gasteiger partial charge is 0.547 e. The number of aliphatic hydroxyl groups excluding tert-OH is 12. The van der Waals surface area contributed by atoms with Gasteiger partial charge in [0.1, 0.15) is 61.0 Å². The molecule has 0 heterocycles. The second-order valence-corrected chi connectivity index (χ2v) is 5.97. The standard InChI is InChI=1S/2C7H14O8.Ca/c2*8-1-2(9)3(10)4(11)5(12)6(13)7(14)15;/h2*2-6,8-13H,1H2,(H,14,15);/q;;+2/p-2. The molecule has 17 heteroatoms. The van der Waals surface area contributed by atoms with Crippen molar-refractivity contribution in [2.75, 3.05) is 13.2 Å². The summed E-state index contributed by atoms with van der Waals surface area (Å²) in [6.07, 6.45) is -21.0. The van der Waals surface area contributed by atoms with Crippen molar-refractivity contribution in [3.05, 3.63) is 0 Å². The van der Waals surface area contributed by atoms with E-state index in [4.69, 9.17) is 61.3 Å². The third-order valence-electron chi connectivity index (χ3n) is 3.69. The van der Waals surface area contributed by atoms with Gasteiger partial charge < -0.3 is 81.1 Å². The van der Waals surface area contributed by atoms with Crippen molar-refractivity contribution in [1.82, 2.24) is 0 Å². The molecule has 0 aromatic carbocycles. The molecule has 0 saturated heterocycles. The van der Waals surface area contributed by atoms with Crippen molar-refractivity contribution in [1.29, 1.82) is 0 Å². The van der Waals surface area contributed by atoms with E-state index in [1.165, 1.54) is 0 Å². The number of carboxylic acids is 2. The fraction of sp³-hybridized carbons (Fsp3) is 0.857. The van der Waals surface area contributed by atoms with Crippen LogP contribution in [0.25, 0.3) is 0 Å². The molecule has 0 aliphatic heterocycles. The zero-order valence-corrected chi connectivity index (χ0v) is 18.1. The Balaban J connectivity index is -0.000000490. The van der Waals surface area contributed by atoms with Crippen LogP contribution in [0.5, 0.6) is 0 Å². The maximum absolute atomic E-state index is 10.1. The van der Waals surface area contributed by atoms with E-state index in [0.717, 1.165) is 0 Å². The average Bonchev–Trinajstić information content (AvgIpc) is 2.73. The molecule has 0 aliphatic rings. The van der Waals surface area contributed by atoms with Crippen LogP contribution in [0.15, 0.2) is 0 Å². The van der Waals surface area contributed by atoms with E-state index < -0.39 is 86.2 Å². The number of hydrogen-bond acceptors (Lipinski definition) is 16. The van der Waals surface area contributed by atoms with Gasteiger partial charge in [-0.15, -0.1) is 0 Å². The fourth-order valence-corrected chi connectivity index (χ4v) is 1.73. The summed E-state index contributed by atoms with van der Waals surface area (Å²) in [4.78, 5) is 20.2. The Bertz CT molecular complexity index is 465. The van der Waals surface area contributed by atoms with Crippen molar-refractivity contribution >= 4 is 49.7 Å². The predicted octanol–water partition coefficient (Wildman–Crippen LogP) is -11.3. The van der Waals surface area contributed by atoms with Gasteiger partial charge >= 0.3 is 37.7 Å². The van der Waals surface area contributed by atoms with E-state index in [9.17, 15) is 19.8 Å². The fourth-order valence-electron chi connectivity index (χ4n) is 1.73. The molecule has 0 radical (unpaired) electrons. The molecular formula is C14H26CaO16. The summed E-state index contributed by atoms with van der Waals surface area (Å²) in [5.41, 5.74) is 0. The second-order valence-electron chi connectivity index (χ2n) is 5.97. The first-order valence-corrected chi connectivity index (χ1v) is 8.09. The average molecular weight is 490 g/mol. The van der Waals surface area contributed by atoms with Crippen LogP contribution in [0.2, 0.25) is 0 Å². The molecule has 10 unspecified atom stereocenters. The summed E-state index contributed by atoms with van der Waals surface area (Å²) in [6.45, 7) is -1.79. The van der Waals surface area contributed by atoms with Gasteiger partial charge in [0.05, 0.1) is 25.2 Å². The van der Waals surface area contributed by atoms with Gasteiger partial charge in [-0.05, 0) is 0 Å². The van der Waals surface area contributed by atoms with Crippen LogP contribution in [0, 0.1) is 0 Å². The SMILES string of the molecule is O=C([O-])C(O)C(O)C(O)C(O)C(O)CO.O=C([O-])C(O)C(O)C(O)C(O)C(O)CO.[Ca+2]. The number of rotatable bonds is 12. The minimum absolute atomic E-state index is 0. The Labute approximate surface area is 204 Å². The van der Waals surface area contributed by atoms with Gasteiger partial charge in [0.25, 0.3) is 0 Å². The quantitative estimate of drug-likeness (QED) is 0.113. The molecule has 180 valence electrons. The molecule has 0 saturated carbocycles. The van der Waals surface area contributed by atoms with E-state index in [0.29, 0.717) is 0 Å². The number of hydrogen-bond donors (Lipinski definition) is 12. The first kappa shape index (κ1) is 35.3. The molecule has 0 aliphatic carbocycles. The normalized spacial score (nSPS) is 20.8. The first-order valence-electron chi connectivity index (χ1n) is 8.09. The minimum atomic E-state index is -2.40. The molecule has 0 amide bonds. The van der Waals surface area contributed by atoms with Crippen LogP contribution < -0.4 is 10.2 Å². The predicted molar refractivity (Wildman–Crippen MR) is 90.0 cm³/mol. The Morgan fingerprint density at radius 3 is 0.903 bits per heavy atom.